The van der Waals surface area contributed by atoms with Crippen LogP contribution < -0.4 is 24.8 Å². The van der Waals surface area contributed by atoms with Crippen LogP contribution in [0.2, 0.25) is 0 Å². The lowest BCUT2D eigenvalue weighted by Crippen LogP contribution is -2.28. The summed E-state index contributed by atoms with van der Waals surface area (Å²) in [4.78, 5) is 12.0. The van der Waals surface area contributed by atoms with Gasteiger partial charge in [0.15, 0.2) is 11.5 Å². The van der Waals surface area contributed by atoms with Gasteiger partial charge >= 0.3 is 12.6 Å². The van der Waals surface area contributed by atoms with Crippen LogP contribution in [0.3, 0.4) is 0 Å². The Hall–Kier alpha value is -3.03. The summed E-state index contributed by atoms with van der Waals surface area (Å²) in [6, 6.07) is 10.6. The molecule has 6 nitrogen and oxygen atoms in total. The number of anilines is 1. The van der Waals surface area contributed by atoms with E-state index in [0.717, 1.165) is 0 Å². The van der Waals surface area contributed by atoms with Crippen LogP contribution in [0.15, 0.2) is 42.5 Å². The molecule has 2 amide bonds. The van der Waals surface area contributed by atoms with Crippen molar-refractivity contribution in [1.82, 2.24) is 5.32 Å². The molecule has 2 rings (SSSR count). The predicted octanol–water partition coefficient (Wildman–Crippen LogP) is 3.63. The molecule has 25 heavy (non-hydrogen) atoms. The summed E-state index contributed by atoms with van der Waals surface area (Å²) in [5, 5.41) is 5.20. The average molecular weight is 352 g/mol. The zero-order chi connectivity index (χ0) is 18.2. The Balaban J connectivity index is 1.97. The first-order valence-electron chi connectivity index (χ1n) is 7.33. The molecule has 0 aromatic heterocycles. The first-order chi connectivity index (χ1) is 12.0. The maximum Gasteiger partial charge on any atom is 0.387 e. The largest absolute Gasteiger partial charge is 0.493 e. The topological polar surface area (TPSA) is 68.8 Å². The van der Waals surface area contributed by atoms with E-state index in [0.29, 0.717) is 22.7 Å². The van der Waals surface area contributed by atoms with Crippen LogP contribution in [-0.4, -0.2) is 26.9 Å². The molecule has 0 fully saturated rings. The van der Waals surface area contributed by atoms with E-state index in [-0.39, 0.29) is 12.3 Å². The number of urea groups is 1. The molecule has 0 aliphatic carbocycles. The van der Waals surface area contributed by atoms with Gasteiger partial charge in [0.2, 0.25) is 0 Å². The fourth-order valence-electron chi connectivity index (χ4n) is 2.13. The van der Waals surface area contributed by atoms with Crippen molar-refractivity contribution in [1.29, 1.82) is 0 Å². The second-order valence-electron chi connectivity index (χ2n) is 4.86. The van der Waals surface area contributed by atoms with Crippen LogP contribution in [-0.2, 0) is 6.54 Å². The molecule has 8 heteroatoms. The molecule has 0 saturated heterocycles. The number of halogens is 2. The predicted molar refractivity (Wildman–Crippen MR) is 88.5 cm³/mol. The quantitative estimate of drug-likeness (QED) is 0.798. The van der Waals surface area contributed by atoms with E-state index in [1.54, 1.807) is 36.4 Å². The molecular formula is C17H18F2N2O4. The maximum absolute atomic E-state index is 12.4. The van der Waals surface area contributed by atoms with Crippen molar-refractivity contribution in [3.8, 4) is 17.2 Å². The Morgan fingerprint density at radius 1 is 1.04 bits per heavy atom. The van der Waals surface area contributed by atoms with Crippen LogP contribution in [0.5, 0.6) is 17.2 Å². The average Bonchev–Trinajstić information content (AvgIpc) is 2.60. The van der Waals surface area contributed by atoms with E-state index >= 15 is 0 Å². The van der Waals surface area contributed by atoms with Gasteiger partial charge in [-0.25, -0.2) is 4.79 Å². The second-order valence-corrected chi connectivity index (χ2v) is 4.86. The molecule has 0 unspecified atom stereocenters. The van der Waals surface area contributed by atoms with Crippen molar-refractivity contribution in [2.24, 2.45) is 0 Å². The minimum atomic E-state index is -2.93. The molecule has 2 aromatic rings. The number of nitrogens with one attached hydrogen (secondary N) is 2. The molecule has 0 bridgehead atoms. The summed E-state index contributed by atoms with van der Waals surface area (Å²) in [5.74, 6) is 1.02. The van der Waals surface area contributed by atoms with E-state index in [2.05, 4.69) is 15.4 Å². The molecule has 134 valence electrons. The third-order valence-corrected chi connectivity index (χ3v) is 3.27. The zero-order valence-electron chi connectivity index (χ0n) is 13.7. The molecule has 0 saturated carbocycles. The van der Waals surface area contributed by atoms with Crippen molar-refractivity contribution in [2.75, 3.05) is 19.5 Å². The van der Waals surface area contributed by atoms with Gasteiger partial charge in [-0.1, -0.05) is 18.2 Å². The van der Waals surface area contributed by atoms with Gasteiger partial charge in [-0.15, -0.1) is 0 Å². The standard InChI is InChI=1S/C17H18F2N2O4/c1-23-14-8-7-12(9-15(14)24-2)21-17(22)20-10-11-5-3-4-6-13(11)25-16(18)19/h3-9,16H,10H2,1-2H3,(H2,20,21,22). The third kappa shape index (κ3) is 5.23. The number of alkyl halides is 2. The van der Waals surface area contributed by atoms with E-state index < -0.39 is 12.6 Å². The number of hydrogen-bond donors (Lipinski definition) is 2. The second kappa shape index (κ2) is 8.72. The van der Waals surface area contributed by atoms with Crippen molar-refractivity contribution in [3.63, 3.8) is 0 Å². The highest BCUT2D eigenvalue weighted by Crippen LogP contribution is 2.29. The Morgan fingerprint density at radius 2 is 1.76 bits per heavy atom. The minimum Gasteiger partial charge on any atom is -0.493 e. The normalized spacial score (nSPS) is 10.3. The van der Waals surface area contributed by atoms with Crippen LogP contribution in [0.1, 0.15) is 5.56 Å². The lowest BCUT2D eigenvalue weighted by atomic mass is 10.2. The number of amides is 2. The summed E-state index contributed by atoms with van der Waals surface area (Å²) in [6.45, 7) is -2.90. The van der Waals surface area contributed by atoms with Gasteiger partial charge in [0.05, 0.1) is 14.2 Å². The van der Waals surface area contributed by atoms with Crippen molar-refractivity contribution in [3.05, 3.63) is 48.0 Å². The SMILES string of the molecule is COc1ccc(NC(=O)NCc2ccccc2OC(F)F)cc1OC. The van der Waals surface area contributed by atoms with Gasteiger partial charge < -0.3 is 24.8 Å². The fourth-order valence-corrected chi connectivity index (χ4v) is 2.13. The molecule has 2 N–H and O–H groups in total. The van der Waals surface area contributed by atoms with Crippen LogP contribution >= 0.6 is 0 Å². The lowest BCUT2D eigenvalue weighted by molar-refractivity contribution is -0.0504. The smallest absolute Gasteiger partial charge is 0.387 e. The molecular weight excluding hydrogens is 334 g/mol. The highest BCUT2D eigenvalue weighted by Gasteiger charge is 2.11. The summed E-state index contributed by atoms with van der Waals surface area (Å²) >= 11 is 0. The summed E-state index contributed by atoms with van der Waals surface area (Å²) in [5.41, 5.74) is 0.928. The van der Waals surface area contributed by atoms with E-state index in [9.17, 15) is 13.6 Å². The number of carbonyl (C=O) groups is 1. The van der Waals surface area contributed by atoms with Gasteiger partial charge in [-0.05, 0) is 18.2 Å². The van der Waals surface area contributed by atoms with Crippen molar-refractivity contribution >= 4 is 11.7 Å². The molecule has 2 aromatic carbocycles. The van der Waals surface area contributed by atoms with Gasteiger partial charge in [-0.2, -0.15) is 8.78 Å². The summed E-state index contributed by atoms with van der Waals surface area (Å²) in [7, 11) is 3.00. The lowest BCUT2D eigenvalue weighted by Gasteiger charge is -2.13. The third-order valence-electron chi connectivity index (χ3n) is 3.27. The van der Waals surface area contributed by atoms with Crippen LogP contribution in [0, 0.1) is 0 Å². The van der Waals surface area contributed by atoms with Crippen LogP contribution in [0.25, 0.3) is 0 Å². The molecule has 0 aliphatic heterocycles. The van der Waals surface area contributed by atoms with Crippen molar-refractivity contribution < 1.29 is 27.8 Å². The number of methoxy groups -OCH3 is 2. The van der Waals surface area contributed by atoms with Gasteiger partial charge in [0.1, 0.15) is 5.75 Å². The summed E-state index contributed by atoms with van der Waals surface area (Å²) in [6.07, 6.45) is 0. The minimum absolute atomic E-state index is 0.0175. The Morgan fingerprint density at radius 3 is 2.44 bits per heavy atom. The number of carbonyl (C=O) groups excluding carboxylic acids is 1. The monoisotopic (exact) mass is 352 g/mol. The number of para-hydroxylation sites is 1. The van der Waals surface area contributed by atoms with Gasteiger partial charge in [-0.3, -0.25) is 0 Å². The van der Waals surface area contributed by atoms with Gasteiger partial charge in [0.25, 0.3) is 0 Å². The Labute approximate surface area is 143 Å². The Bertz CT molecular complexity index is 726. The van der Waals surface area contributed by atoms with Crippen molar-refractivity contribution in [2.45, 2.75) is 13.2 Å². The number of hydrogen-bond acceptors (Lipinski definition) is 4. The Kier molecular flexibility index (Phi) is 6.39. The molecule has 0 aliphatic rings. The summed E-state index contributed by atoms with van der Waals surface area (Å²) < 4.78 is 39.4. The number of rotatable bonds is 7. The maximum atomic E-state index is 12.4. The van der Waals surface area contributed by atoms with Crippen LogP contribution in [0.4, 0.5) is 19.3 Å². The van der Waals surface area contributed by atoms with E-state index in [1.165, 1.54) is 20.3 Å². The fraction of sp³-hybridized carbons (Fsp3) is 0.235. The molecule has 0 heterocycles. The first-order valence-corrected chi connectivity index (χ1v) is 7.33. The van der Waals surface area contributed by atoms with E-state index in [4.69, 9.17) is 9.47 Å². The van der Waals surface area contributed by atoms with Gasteiger partial charge in [0, 0.05) is 23.9 Å². The molecule has 0 radical (unpaired) electrons. The molecule has 0 spiro atoms. The highest BCUT2D eigenvalue weighted by molar-refractivity contribution is 5.89. The number of ether oxygens (including phenoxy) is 3. The molecule has 0 atom stereocenters. The number of benzene rings is 2. The highest BCUT2D eigenvalue weighted by atomic mass is 19.3. The first kappa shape index (κ1) is 18.3. The van der Waals surface area contributed by atoms with E-state index in [1.807, 2.05) is 0 Å². The zero-order valence-corrected chi connectivity index (χ0v) is 13.7.